The van der Waals surface area contributed by atoms with Crippen molar-refractivity contribution in [1.82, 2.24) is 19.4 Å². The standard InChI is InChI=1S/C25H21ClN4O4S/c26-21-7-5-20-16-22(8-6-19(20)15-21)35(33,34)30-13-11-29(12-14-30)25(32)18-3-1-17(2-4-18)23-9-10-24(31)28-27-23/h1-10,15-16H,11-14H2,(H,28,31). The molecule has 1 aliphatic heterocycles. The molecule has 2 heterocycles. The van der Waals surface area contributed by atoms with Crippen LogP contribution in [0, 0.1) is 0 Å². The minimum atomic E-state index is -3.69. The molecule has 10 heteroatoms. The first-order valence-corrected chi connectivity index (χ1v) is 12.8. The number of aromatic amines is 1. The van der Waals surface area contributed by atoms with E-state index in [0.717, 1.165) is 16.3 Å². The van der Waals surface area contributed by atoms with Crippen molar-refractivity contribution < 1.29 is 13.2 Å². The second-order valence-electron chi connectivity index (χ2n) is 8.23. The van der Waals surface area contributed by atoms with Crippen LogP contribution in [0.2, 0.25) is 5.02 Å². The summed E-state index contributed by atoms with van der Waals surface area (Å²) in [5, 5.41) is 8.63. The van der Waals surface area contributed by atoms with Crippen molar-refractivity contribution in [2.24, 2.45) is 0 Å². The molecule has 0 atom stereocenters. The zero-order chi connectivity index (χ0) is 24.6. The van der Waals surface area contributed by atoms with E-state index in [2.05, 4.69) is 10.2 Å². The number of sulfonamides is 1. The maximum absolute atomic E-state index is 13.2. The molecule has 0 unspecified atom stereocenters. The number of halogens is 1. The summed E-state index contributed by atoms with van der Waals surface area (Å²) < 4.78 is 27.8. The topological polar surface area (TPSA) is 103 Å². The van der Waals surface area contributed by atoms with Gasteiger partial charge in [-0.3, -0.25) is 9.59 Å². The molecule has 1 amide bonds. The van der Waals surface area contributed by atoms with Crippen molar-refractivity contribution in [1.29, 1.82) is 0 Å². The number of carbonyl (C=O) groups excluding carboxylic acids is 1. The molecule has 178 valence electrons. The third-order valence-electron chi connectivity index (χ3n) is 6.04. The highest BCUT2D eigenvalue weighted by molar-refractivity contribution is 7.89. The highest BCUT2D eigenvalue weighted by Crippen LogP contribution is 2.25. The van der Waals surface area contributed by atoms with Gasteiger partial charge in [-0.25, -0.2) is 13.5 Å². The first-order valence-electron chi connectivity index (χ1n) is 11.0. The van der Waals surface area contributed by atoms with Crippen LogP contribution < -0.4 is 5.56 Å². The van der Waals surface area contributed by atoms with E-state index in [9.17, 15) is 18.0 Å². The Kier molecular flexibility index (Phi) is 6.14. The van der Waals surface area contributed by atoms with Gasteiger partial charge in [0.15, 0.2) is 0 Å². The fourth-order valence-corrected chi connectivity index (χ4v) is 5.75. The number of rotatable bonds is 4. The maximum atomic E-state index is 13.2. The smallest absolute Gasteiger partial charge is 0.264 e. The van der Waals surface area contributed by atoms with Crippen LogP contribution in [0.3, 0.4) is 0 Å². The summed E-state index contributed by atoms with van der Waals surface area (Å²) >= 11 is 6.02. The second-order valence-corrected chi connectivity index (χ2v) is 10.6. The summed E-state index contributed by atoms with van der Waals surface area (Å²) in [5.74, 6) is -0.161. The molecule has 1 fully saturated rings. The number of hydrogen-bond donors (Lipinski definition) is 1. The molecule has 5 rings (SSSR count). The van der Waals surface area contributed by atoms with Crippen LogP contribution in [0.15, 0.2) is 82.5 Å². The summed E-state index contributed by atoms with van der Waals surface area (Å²) in [6, 6.07) is 20.2. The van der Waals surface area contributed by atoms with Gasteiger partial charge in [0.1, 0.15) is 0 Å². The number of hydrogen-bond acceptors (Lipinski definition) is 5. The van der Waals surface area contributed by atoms with E-state index in [1.54, 1.807) is 71.6 Å². The molecule has 4 aromatic rings. The van der Waals surface area contributed by atoms with Gasteiger partial charge in [-0.05, 0) is 53.2 Å². The lowest BCUT2D eigenvalue weighted by Crippen LogP contribution is -2.50. The van der Waals surface area contributed by atoms with Crippen molar-refractivity contribution in [3.8, 4) is 11.3 Å². The molecule has 3 aromatic carbocycles. The molecular weight excluding hydrogens is 488 g/mol. The van der Waals surface area contributed by atoms with Gasteiger partial charge in [0.2, 0.25) is 10.0 Å². The molecule has 0 spiro atoms. The zero-order valence-corrected chi connectivity index (χ0v) is 20.1. The van der Waals surface area contributed by atoms with E-state index in [1.165, 1.54) is 10.4 Å². The van der Waals surface area contributed by atoms with Crippen LogP contribution in [0.25, 0.3) is 22.0 Å². The average Bonchev–Trinajstić information content (AvgIpc) is 2.88. The van der Waals surface area contributed by atoms with E-state index in [4.69, 9.17) is 11.6 Å². The molecule has 0 bridgehead atoms. The van der Waals surface area contributed by atoms with Crippen molar-refractivity contribution in [2.75, 3.05) is 26.2 Å². The lowest BCUT2D eigenvalue weighted by Gasteiger charge is -2.34. The van der Waals surface area contributed by atoms with Crippen LogP contribution in [0.5, 0.6) is 0 Å². The normalized spacial score (nSPS) is 14.8. The number of piperazine rings is 1. The Hall–Kier alpha value is -3.53. The summed E-state index contributed by atoms with van der Waals surface area (Å²) in [4.78, 5) is 26.0. The third kappa shape index (κ3) is 4.70. The molecular formula is C25H21ClN4O4S. The Bertz CT molecular complexity index is 1560. The summed E-state index contributed by atoms with van der Waals surface area (Å²) in [5.41, 5.74) is 1.58. The fourth-order valence-electron chi connectivity index (χ4n) is 4.11. The molecule has 0 saturated carbocycles. The van der Waals surface area contributed by atoms with E-state index in [-0.39, 0.29) is 29.5 Å². The van der Waals surface area contributed by atoms with Gasteiger partial charge in [-0.2, -0.15) is 9.40 Å². The van der Waals surface area contributed by atoms with Gasteiger partial charge in [-0.15, -0.1) is 0 Å². The van der Waals surface area contributed by atoms with Crippen molar-refractivity contribution in [2.45, 2.75) is 4.90 Å². The van der Waals surface area contributed by atoms with E-state index >= 15 is 0 Å². The van der Waals surface area contributed by atoms with Gasteiger partial charge >= 0.3 is 0 Å². The lowest BCUT2D eigenvalue weighted by atomic mass is 10.1. The number of fused-ring (bicyclic) bond motifs is 1. The molecule has 1 N–H and O–H groups in total. The van der Waals surface area contributed by atoms with E-state index in [1.807, 2.05) is 0 Å². The van der Waals surface area contributed by atoms with Gasteiger partial charge < -0.3 is 4.90 Å². The molecule has 1 aliphatic rings. The monoisotopic (exact) mass is 508 g/mol. The minimum Gasteiger partial charge on any atom is -0.336 e. The van der Waals surface area contributed by atoms with Gasteiger partial charge in [0, 0.05) is 48.4 Å². The highest BCUT2D eigenvalue weighted by Gasteiger charge is 2.30. The third-order valence-corrected chi connectivity index (χ3v) is 8.17. The number of nitrogens with zero attached hydrogens (tertiary/aromatic N) is 3. The van der Waals surface area contributed by atoms with Crippen LogP contribution in [-0.2, 0) is 10.0 Å². The Morgan fingerprint density at radius 3 is 2.23 bits per heavy atom. The van der Waals surface area contributed by atoms with Crippen molar-refractivity contribution in [3.05, 3.63) is 93.7 Å². The van der Waals surface area contributed by atoms with Crippen LogP contribution >= 0.6 is 11.6 Å². The Labute approximate surface area is 206 Å². The summed E-state index contributed by atoms with van der Waals surface area (Å²) in [6.45, 7) is 1.02. The second kappa shape index (κ2) is 9.26. The zero-order valence-electron chi connectivity index (χ0n) is 18.5. The van der Waals surface area contributed by atoms with Gasteiger partial charge in [0.25, 0.3) is 11.5 Å². The van der Waals surface area contributed by atoms with Crippen molar-refractivity contribution >= 4 is 38.3 Å². The van der Waals surface area contributed by atoms with Gasteiger partial charge in [-0.1, -0.05) is 35.9 Å². The first-order chi connectivity index (χ1) is 16.8. The molecule has 0 radical (unpaired) electrons. The number of aromatic nitrogens is 2. The molecule has 1 aromatic heterocycles. The van der Waals surface area contributed by atoms with Crippen LogP contribution in [0.4, 0.5) is 0 Å². The molecule has 8 nitrogen and oxygen atoms in total. The number of nitrogens with one attached hydrogen (secondary N) is 1. The Balaban J connectivity index is 1.26. The van der Waals surface area contributed by atoms with Gasteiger partial charge in [0.05, 0.1) is 10.6 Å². The highest BCUT2D eigenvalue weighted by atomic mass is 35.5. The fraction of sp³-hybridized carbons (Fsp3) is 0.160. The number of benzene rings is 3. The summed E-state index contributed by atoms with van der Waals surface area (Å²) in [6.07, 6.45) is 0. The van der Waals surface area contributed by atoms with Crippen molar-refractivity contribution in [3.63, 3.8) is 0 Å². The molecule has 0 aliphatic carbocycles. The summed E-state index contributed by atoms with van der Waals surface area (Å²) in [7, 11) is -3.69. The maximum Gasteiger partial charge on any atom is 0.264 e. The predicted octanol–water partition coefficient (Wildman–Crippen LogP) is 3.39. The van der Waals surface area contributed by atoms with E-state index < -0.39 is 10.0 Å². The van der Waals surface area contributed by atoms with Crippen LogP contribution in [0.1, 0.15) is 10.4 Å². The van der Waals surface area contributed by atoms with Crippen LogP contribution in [-0.4, -0.2) is 59.9 Å². The molecule has 1 saturated heterocycles. The molecule has 35 heavy (non-hydrogen) atoms. The predicted molar refractivity (Wildman–Crippen MR) is 134 cm³/mol. The lowest BCUT2D eigenvalue weighted by molar-refractivity contribution is 0.0698. The quantitative estimate of drug-likeness (QED) is 0.455. The minimum absolute atomic E-state index is 0.161. The number of amides is 1. The number of carbonyl (C=O) groups is 1. The first kappa shape index (κ1) is 23.2. The Morgan fingerprint density at radius 2 is 1.54 bits per heavy atom. The largest absolute Gasteiger partial charge is 0.336 e. The number of H-pyrrole nitrogens is 1. The average molecular weight is 509 g/mol. The SMILES string of the molecule is O=C(c1ccc(-c2ccc(=O)[nH]n2)cc1)N1CCN(S(=O)(=O)c2ccc3cc(Cl)ccc3c2)CC1. The van der Waals surface area contributed by atoms with E-state index in [0.29, 0.717) is 29.4 Å². The Morgan fingerprint density at radius 1 is 0.857 bits per heavy atom.